The van der Waals surface area contributed by atoms with Crippen molar-refractivity contribution in [2.75, 3.05) is 11.9 Å². The van der Waals surface area contributed by atoms with Crippen LogP contribution in [-0.2, 0) is 10.2 Å². The van der Waals surface area contributed by atoms with Crippen LogP contribution in [0.2, 0.25) is 0 Å². The lowest BCUT2D eigenvalue weighted by molar-refractivity contribution is -0.117. The van der Waals surface area contributed by atoms with E-state index in [1.54, 1.807) is 0 Å². The Hall–Kier alpha value is -1.35. The Morgan fingerprint density at radius 2 is 2.06 bits per heavy atom. The molecule has 0 spiro atoms. The summed E-state index contributed by atoms with van der Waals surface area (Å²) in [6.45, 7) is 9.35. The molecule has 17 heavy (non-hydrogen) atoms. The maximum atomic E-state index is 11.8. The molecule has 0 saturated carbocycles. The lowest BCUT2D eigenvalue weighted by atomic mass is 9.85. The maximum Gasteiger partial charge on any atom is 0.246 e. The van der Waals surface area contributed by atoms with Gasteiger partial charge in [-0.05, 0) is 23.6 Å². The van der Waals surface area contributed by atoms with Crippen LogP contribution in [-0.4, -0.2) is 12.5 Å². The largest absolute Gasteiger partial charge is 0.324 e. The van der Waals surface area contributed by atoms with Crippen LogP contribution in [0.15, 0.2) is 18.2 Å². The van der Waals surface area contributed by atoms with E-state index in [9.17, 15) is 4.79 Å². The van der Waals surface area contributed by atoms with Gasteiger partial charge in [0.15, 0.2) is 0 Å². The number of nitrogens with one attached hydrogen (secondary N) is 2. The highest BCUT2D eigenvalue weighted by Crippen LogP contribution is 2.34. The van der Waals surface area contributed by atoms with Gasteiger partial charge in [-0.15, -0.1) is 0 Å². The first kappa shape index (κ1) is 12.1. The molecule has 1 amide bonds. The third kappa shape index (κ3) is 2.20. The van der Waals surface area contributed by atoms with Crippen LogP contribution in [0.25, 0.3) is 0 Å². The Kier molecular flexibility index (Phi) is 2.96. The van der Waals surface area contributed by atoms with Gasteiger partial charge in [-0.1, -0.05) is 39.8 Å². The summed E-state index contributed by atoms with van der Waals surface area (Å²) in [5.41, 5.74) is 3.38. The predicted octanol–water partition coefficient (Wildman–Crippen LogP) is 2.59. The molecule has 0 aliphatic carbocycles. The summed E-state index contributed by atoms with van der Waals surface area (Å²) in [7, 11) is 0. The molecule has 1 aromatic rings. The molecule has 1 unspecified atom stereocenters. The van der Waals surface area contributed by atoms with Crippen LogP contribution in [0.5, 0.6) is 0 Å². The van der Waals surface area contributed by atoms with Gasteiger partial charge < -0.3 is 10.6 Å². The van der Waals surface area contributed by atoms with Gasteiger partial charge in [0, 0.05) is 11.3 Å². The fourth-order valence-corrected chi connectivity index (χ4v) is 2.13. The van der Waals surface area contributed by atoms with Gasteiger partial charge in [0.05, 0.1) is 0 Å². The third-order valence-corrected chi connectivity index (χ3v) is 3.16. The molecule has 3 nitrogen and oxygen atoms in total. The number of anilines is 1. The summed E-state index contributed by atoms with van der Waals surface area (Å²) in [6.07, 6.45) is 0. The second-order valence-electron chi connectivity index (χ2n) is 5.53. The van der Waals surface area contributed by atoms with Crippen LogP contribution >= 0.6 is 0 Å². The first-order valence-corrected chi connectivity index (χ1v) is 6.12. The highest BCUT2D eigenvalue weighted by atomic mass is 16.2. The molecule has 0 radical (unpaired) electrons. The molecule has 3 heteroatoms. The van der Waals surface area contributed by atoms with E-state index >= 15 is 0 Å². The Bertz CT molecular complexity index is 446. The van der Waals surface area contributed by atoms with Crippen molar-refractivity contribution < 1.29 is 4.79 Å². The number of hydrogen-bond acceptors (Lipinski definition) is 2. The van der Waals surface area contributed by atoms with Crippen LogP contribution in [0, 0.1) is 0 Å². The number of fused-ring (bicyclic) bond motifs is 1. The fourth-order valence-electron chi connectivity index (χ4n) is 2.13. The molecule has 1 aliphatic rings. The zero-order chi connectivity index (χ0) is 12.6. The van der Waals surface area contributed by atoms with Crippen molar-refractivity contribution in [3.8, 4) is 0 Å². The molecule has 1 heterocycles. The minimum atomic E-state index is -0.197. The van der Waals surface area contributed by atoms with Gasteiger partial charge in [-0.3, -0.25) is 4.79 Å². The molecule has 1 aliphatic heterocycles. The second-order valence-corrected chi connectivity index (χ2v) is 5.53. The molecule has 0 saturated heterocycles. The van der Waals surface area contributed by atoms with Crippen molar-refractivity contribution in [2.24, 2.45) is 0 Å². The van der Waals surface area contributed by atoms with Gasteiger partial charge in [0.1, 0.15) is 6.04 Å². The number of amides is 1. The quantitative estimate of drug-likeness (QED) is 0.823. The van der Waals surface area contributed by atoms with E-state index in [0.717, 1.165) is 17.8 Å². The molecule has 0 bridgehead atoms. The van der Waals surface area contributed by atoms with Gasteiger partial charge in [0.2, 0.25) is 5.91 Å². The molecular weight excluding hydrogens is 212 g/mol. The summed E-state index contributed by atoms with van der Waals surface area (Å²) in [5.74, 6) is 0.0490. The minimum absolute atomic E-state index is 0.0490. The standard InChI is InChI=1S/C14H20N2O/c1-5-15-12-10-8-9(14(2,3)4)6-7-11(10)16-13(12)17/h6-8,12,15H,5H2,1-4H3,(H,16,17). The van der Waals surface area contributed by atoms with Crippen LogP contribution in [0.3, 0.4) is 0 Å². The topological polar surface area (TPSA) is 41.1 Å². The molecular formula is C14H20N2O. The van der Waals surface area contributed by atoms with E-state index in [1.165, 1.54) is 5.56 Å². The summed E-state index contributed by atoms with van der Waals surface area (Å²) in [5, 5.41) is 6.13. The molecule has 0 fully saturated rings. The van der Waals surface area contributed by atoms with Crippen molar-refractivity contribution in [2.45, 2.75) is 39.2 Å². The van der Waals surface area contributed by atoms with Crippen molar-refractivity contribution in [1.29, 1.82) is 0 Å². The van der Waals surface area contributed by atoms with Crippen molar-refractivity contribution in [3.63, 3.8) is 0 Å². The third-order valence-electron chi connectivity index (χ3n) is 3.16. The number of benzene rings is 1. The summed E-state index contributed by atoms with van der Waals surface area (Å²) >= 11 is 0. The van der Waals surface area contributed by atoms with Crippen LogP contribution in [0.4, 0.5) is 5.69 Å². The average Bonchev–Trinajstić information content (AvgIpc) is 2.54. The van der Waals surface area contributed by atoms with Gasteiger partial charge in [0.25, 0.3) is 0 Å². The first-order chi connectivity index (χ1) is 7.93. The van der Waals surface area contributed by atoms with Crippen molar-refractivity contribution >= 4 is 11.6 Å². The molecule has 1 aromatic carbocycles. The molecule has 92 valence electrons. The SMILES string of the molecule is CCNC1C(=O)Nc2ccc(C(C)(C)C)cc21. The molecule has 2 N–H and O–H groups in total. The van der Waals surface area contributed by atoms with E-state index in [2.05, 4.69) is 43.5 Å². The van der Waals surface area contributed by atoms with Crippen LogP contribution in [0.1, 0.15) is 44.9 Å². The van der Waals surface area contributed by atoms with Crippen LogP contribution < -0.4 is 10.6 Å². The molecule has 2 rings (SSSR count). The minimum Gasteiger partial charge on any atom is -0.324 e. The number of rotatable bonds is 2. The first-order valence-electron chi connectivity index (χ1n) is 6.12. The van der Waals surface area contributed by atoms with E-state index in [-0.39, 0.29) is 17.4 Å². The van der Waals surface area contributed by atoms with E-state index in [0.29, 0.717) is 0 Å². The Morgan fingerprint density at radius 3 is 2.65 bits per heavy atom. The highest BCUT2D eigenvalue weighted by Gasteiger charge is 2.30. The zero-order valence-electron chi connectivity index (χ0n) is 10.9. The van der Waals surface area contributed by atoms with E-state index in [4.69, 9.17) is 0 Å². The maximum absolute atomic E-state index is 11.8. The second kappa shape index (κ2) is 4.15. The van der Waals surface area contributed by atoms with Gasteiger partial charge in [-0.25, -0.2) is 0 Å². The lowest BCUT2D eigenvalue weighted by Gasteiger charge is -2.20. The number of likely N-dealkylation sites (N-methyl/N-ethyl adjacent to an activating group) is 1. The summed E-state index contributed by atoms with van der Waals surface area (Å²) < 4.78 is 0. The summed E-state index contributed by atoms with van der Waals surface area (Å²) in [4.78, 5) is 11.8. The lowest BCUT2D eigenvalue weighted by Crippen LogP contribution is -2.27. The molecule has 1 atom stereocenters. The summed E-state index contributed by atoms with van der Waals surface area (Å²) in [6, 6.07) is 6.04. The Morgan fingerprint density at radius 1 is 1.35 bits per heavy atom. The molecule has 0 aromatic heterocycles. The Balaban J connectivity index is 2.42. The number of carbonyl (C=O) groups is 1. The van der Waals surface area contributed by atoms with Crippen molar-refractivity contribution in [3.05, 3.63) is 29.3 Å². The smallest absolute Gasteiger partial charge is 0.246 e. The zero-order valence-corrected chi connectivity index (χ0v) is 10.9. The van der Waals surface area contributed by atoms with E-state index < -0.39 is 0 Å². The average molecular weight is 232 g/mol. The monoisotopic (exact) mass is 232 g/mol. The van der Waals surface area contributed by atoms with E-state index in [1.807, 2.05) is 13.0 Å². The highest BCUT2D eigenvalue weighted by molar-refractivity contribution is 6.02. The van der Waals surface area contributed by atoms with Crippen molar-refractivity contribution in [1.82, 2.24) is 5.32 Å². The van der Waals surface area contributed by atoms with Gasteiger partial charge in [-0.2, -0.15) is 0 Å². The number of carbonyl (C=O) groups excluding carboxylic acids is 1. The normalized spacial score (nSPS) is 19.1. The Labute approximate surface area is 103 Å². The van der Waals surface area contributed by atoms with Gasteiger partial charge >= 0.3 is 0 Å². The fraction of sp³-hybridized carbons (Fsp3) is 0.500. The number of hydrogen-bond donors (Lipinski definition) is 2. The predicted molar refractivity (Wildman–Crippen MR) is 70.2 cm³/mol.